The van der Waals surface area contributed by atoms with Crippen LogP contribution in [-0.4, -0.2) is 11.9 Å². The zero-order valence-corrected chi connectivity index (χ0v) is 15.9. The Bertz CT molecular complexity index is 997. The summed E-state index contributed by atoms with van der Waals surface area (Å²) in [6, 6.07) is 17.3. The van der Waals surface area contributed by atoms with E-state index in [9.17, 15) is 5.26 Å². The number of nitrogens with zero attached hydrogens (tertiary/aromatic N) is 3. The fourth-order valence-electron chi connectivity index (χ4n) is 3.73. The molecule has 136 valence electrons. The number of halogens is 2. The predicted octanol–water partition coefficient (Wildman–Crippen LogP) is 4.64. The highest BCUT2D eigenvalue weighted by Crippen LogP contribution is 2.48. The fraction of sp³-hybridized carbons (Fsp3) is 0.200. The minimum absolute atomic E-state index is 0.0885. The molecule has 0 saturated carbocycles. The molecule has 2 N–H and O–H groups in total. The summed E-state index contributed by atoms with van der Waals surface area (Å²) in [6.45, 7) is 1.92. The van der Waals surface area contributed by atoms with Crippen LogP contribution in [0.25, 0.3) is 0 Å². The molecule has 2 aliphatic rings. The van der Waals surface area contributed by atoms with Crippen LogP contribution in [0.1, 0.15) is 18.4 Å². The van der Waals surface area contributed by atoms with Crippen LogP contribution >= 0.6 is 23.2 Å². The van der Waals surface area contributed by atoms with Crippen LogP contribution in [0, 0.1) is 17.2 Å². The molecule has 0 radical (unpaired) electrons. The Hall–Kier alpha value is -2.68. The van der Waals surface area contributed by atoms with Crippen LogP contribution in [0.15, 0.2) is 65.1 Å². The van der Waals surface area contributed by atoms with Crippen molar-refractivity contribution in [2.75, 3.05) is 5.01 Å². The number of hydrogen-bond donors (Lipinski definition) is 1. The molecule has 0 saturated heterocycles. The number of anilines is 1. The van der Waals surface area contributed by atoms with Crippen LogP contribution in [0.2, 0.25) is 10.0 Å². The molecule has 7 heteroatoms. The van der Waals surface area contributed by atoms with Gasteiger partial charge in [0.15, 0.2) is 0 Å². The second-order valence-corrected chi connectivity index (χ2v) is 7.25. The van der Waals surface area contributed by atoms with Gasteiger partial charge in [0.1, 0.15) is 6.07 Å². The summed E-state index contributed by atoms with van der Waals surface area (Å²) in [6.07, 6.45) is -0.468. The lowest BCUT2D eigenvalue weighted by molar-refractivity contribution is 0.0662. The number of hydrogen-bond acceptors (Lipinski definition) is 5. The zero-order chi connectivity index (χ0) is 19.1. The molecule has 0 amide bonds. The van der Waals surface area contributed by atoms with E-state index in [2.05, 4.69) is 6.07 Å². The third-order valence-corrected chi connectivity index (χ3v) is 5.77. The lowest BCUT2D eigenvalue weighted by atomic mass is 9.76. The Morgan fingerprint density at radius 2 is 1.89 bits per heavy atom. The molecule has 0 bridgehead atoms. The molecule has 5 nitrogen and oxygen atoms in total. The second-order valence-electron chi connectivity index (χ2n) is 6.47. The molecule has 4 rings (SSSR count). The van der Waals surface area contributed by atoms with E-state index in [0.29, 0.717) is 15.6 Å². The predicted molar refractivity (Wildman–Crippen MR) is 106 cm³/mol. The summed E-state index contributed by atoms with van der Waals surface area (Å²) in [5, 5.41) is 17.1. The van der Waals surface area contributed by atoms with Gasteiger partial charge in [-0.15, -0.1) is 0 Å². The van der Waals surface area contributed by atoms with Crippen molar-refractivity contribution in [2.24, 2.45) is 16.8 Å². The van der Waals surface area contributed by atoms with Crippen molar-refractivity contribution in [3.8, 4) is 6.07 Å². The first-order chi connectivity index (χ1) is 13.0. The van der Waals surface area contributed by atoms with Crippen molar-refractivity contribution >= 4 is 34.6 Å². The average molecular weight is 399 g/mol. The van der Waals surface area contributed by atoms with Crippen LogP contribution < -0.4 is 10.7 Å². The largest absolute Gasteiger partial charge is 0.452 e. The Labute approximate surface area is 167 Å². The fourth-order valence-corrected chi connectivity index (χ4v) is 4.15. The summed E-state index contributed by atoms with van der Waals surface area (Å²) >= 11 is 12.7. The summed E-state index contributed by atoms with van der Waals surface area (Å²) in [5.74, 6) is -0.522. The van der Waals surface area contributed by atoms with Crippen LogP contribution in [-0.2, 0) is 4.74 Å². The monoisotopic (exact) mass is 398 g/mol. The van der Waals surface area contributed by atoms with Crippen molar-refractivity contribution in [1.82, 2.24) is 0 Å². The molecule has 2 aromatic carbocycles. The second kappa shape index (κ2) is 6.80. The van der Waals surface area contributed by atoms with Gasteiger partial charge in [0, 0.05) is 11.6 Å². The number of hydrazone groups is 1. The van der Waals surface area contributed by atoms with Gasteiger partial charge in [-0.25, -0.2) is 5.01 Å². The molecule has 27 heavy (non-hydrogen) atoms. The molecule has 2 aliphatic heterocycles. The Morgan fingerprint density at radius 1 is 1.15 bits per heavy atom. The molecule has 0 spiro atoms. The Kier molecular flexibility index (Phi) is 4.47. The van der Waals surface area contributed by atoms with Crippen molar-refractivity contribution in [1.29, 1.82) is 5.26 Å². The van der Waals surface area contributed by atoms with E-state index < -0.39 is 12.1 Å². The van der Waals surface area contributed by atoms with E-state index in [0.717, 1.165) is 17.0 Å². The molecule has 2 heterocycles. The normalized spacial score (nSPS) is 24.1. The minimum atomic E-state index is -0.468. The highest BCUT2D eigenvalue weighted by molar-refractivity contribution is 6.42. The number of ether oxygens (including phenoxy) is 1. The first-order valence-electron chi connectivity index (χ1n) is 8.42. The summed E-state index contributed by atoms with van der Waals surface area (Å²) in [5.41, 5.74) is 8.93. The van der Waals surface area contributed by atoms with Gasteiger partial charge in [0.2, 0.25) is 12.1 Å². The highest BCUT2D eigenvalue weighted by Gasteiger charge is 2.49. The van der Waals surface area contributed by atoms with E-state index in [4.69, 9.17) is 38.8 Å². The number of rotatable bonds is 2. The van der Waals surface area contributed by atoms with Gasteiger partial charge in [-0.1, -0.05) is 53.5 Å². The molecular weight excluding hydrogens is 383 g/mol. The van der Waals surface area contributed by atoms with Crippen molar-refractivity contribution in [2.45, 2.75) is 19.1 Å². The quantitative estimate of drug-likeness (QED) is 0.799. The Balaban J connectivity index is 1.86. The lowest BCUT2D eigenvalue weighted by Gasteiger charge is -2.37. The molecule has 0 fully saturated rings. The third kappa shape index (κ3) is 2.82. The van der Waals surface area contributed by atoms with E-state index in [-0.39, 0.29) is 11.8 Å². The van der Waals surface area contributed by atoms with Gasteiger partial charge in [-0.3, -0.25) is 0 Å². The summed E-state index contributed by atoms with van der Waals surface area (Å²) in [4.78, 5) is 0. The van der Waals surface area contributed by atoms with Gasteiger partial charge in [0.25, 0.3) is 0 Å². The van der Waals surface area contributed by atoms with Gasteiger partial charge >= 0.3 is 0 Å². The third-order valence-electron chi connectivity index (χ3n) is 4.94. The van der Waals surface area contributed by atoms with Crippen LogP contribution in [0.4, 0.5) is 5.69 Å². The summed E-state index contributed by atoms with van der Waals surface area (Å²) in [7, 11) is 0. The van der Waals surface area contributed by atoms with Crippen molar-refractivity contribution < 1.29 is 4.74 Å². The SMILES string of the molecule is CC1=NN(c2ccccc2)[C@H]2OC(N)=C(C#N)[C@@H](c3cccc(Cl)c3Cl)[C@@H]12. The molecule has 3 atom stereocenters. The van der Waals surface area contributed by atoms with Crippen molar-refractivity contribution in [3.05, 3.63) is 75.6 Å². The minimum Gasteiger partial charge on any atom is -0.452 e. The number of allylic oxidation sites excluding steroid dienone is 1. The van der Waals surface area contributed by atoms with E-state index in [1.165, 1.54) is 0 Å². The number of nitriles is 1. The maximum Gasteiger partial charge on any atom is 0.202 e. The maximum atomic E-state index is 9.75. The first-order valence-corrected chi connectivity index (χ1v) is 9.18. The van der Waals surface area contributed by atoms with Gasteiger partial charge in [0.05, 0.1) is 27.2 Å². The highest BCUT2D eigenvalue weighted by atomic mass is 35.5. The van der Waals surface area contributed by atoms with Crippen LogP contribution in [0.3, 0.4) is 0 Å². The standard InChI is InChI=1S/C20H16Cl2N4O/c1-11-16-17(13-8-5-9-15(21)18(13)22)14(10-23)19(24)27-20(16)26(25-11)12-6-3-2-4-7-12/h2-9,16-17,20H,24H2,1H3/t16-,17-,20+/m1/s1. The molecule has 0 aromatic heterocycles. The van der Waals surface area contributed by atoms with Gasteiger partial charge < -0.3 is 10.5 Å². The van der Waals surface area contributed by atoms with Gasteiger partial charge in [-0.2, -0.15) is 10.4 Å². The van der Waals surface area contributed by atoms with E-state index >= 15 is 0 Å². The van der Waals surface area contributed by atoms with Gasteiger partial charge in [-0.05, 0) is 30.7 Å². The van der Waals surface area contributed by atoms with E-state index in [1.54, 1.807) is 11.1 Å². The molecule has 2 aromatic rings. The van der Waals surface area contributed by atoms with Crippen molar-refractivity contribution in [3.63, 3.8) is 0 Å². The number of fused-ring (bicyclic) bond motifs is 1. The number of nitrogens with two attached hydrogens (primary N) is 1. The first kappa shape index (κ1) is 17.7. The average Bonchev–Trinajstić information content (AvgIpc) is 3.00. The number of para-hydroxylation sites is 1. The maximum absolute atomic E-state index is 9.75. The molecule has 0 unspecified atom stereocenters. The molecular formula is C20H16Cl2N4O. The Morgan fingerprint density at radius 3 is 2.59 bits per heavy atom. The topological polar surface area (TPSA) is 74.6 Å². The lowest BCUT2D eigenvalue weighted by Crippen LogP contribution is -2.44. The smallest absolute Gasteiger partial charge is 0.202 e. The van der Waals surface area contributed by atoms with Crippen LogP contribution in [0.5, 0.6) is 0 Å². The summed E-state index contributed by atoms with van der Waals surface area (Å²) < 4.78 is 5.94. The molecule has 0 aliphatic carbocycles. The zero-order valence-electron chi connectivity index (χ0n) is 14.4. The number of benzene rings is 2. The van der Waals surface area contributed by atoms with E-state index in [1.807, 2.05) is 49.4 Å².